The van der Waals surface area contributed by atoms with Crippen molar-refractivity contribution < 1.29 is 4.79 Å². The molecule has 0 aliphatic carbocycles. The summed E-state index contributed by atoms with van der Waals surface area (Å²) in [5.74, 6) is -0.317. The van der Waals surface area contributed by atoms with Crippen LogP contribution in [0.4, 0.5) is 0 Å². The molecule has 0 heterocycles. The number of halogens is 2. The second-order valence-electron chi connectivity index (χ2n) is 2.47. The van der Waals surface area contributed by atoms with Crippen LogP contribution in [-0.4, -0.2) is 10.6 Å². The minimum atomic E-state index is -1.02. The fraction of sp³-hybridized carbons (Fsp3) is 0.222. The summed E-state index contributed by atoms with van der Waals surface area (Å²) in [7, 11) is 0. The number of ketones is 1. The van der Waals surface area contributed by atoms with Gasteiger partial charge in [0, 0.05) is 12.1 Å². The van der Waals surface area contributed by atoms with Crippen LogP contribution in [0.1, 0.15) is 15.9 Å². The monoisotopic (exact) mass is 216 g/mol. The number of rotatable bonds is 3. The Bertz CT molecular complexity index is 295. The summed E-state index contributed by atoms with van der Waals surface area (Å²) in [6.07, 6.45) is 0. The van der Waals surface area contributed by atoms with E-state index in [0.717, 1.165) is 5.56 Å². The topological polar surface area (TPSA) is 43.1 Å². The van der Waals surface area contributed by atoms with Crippen molar-refractivity contribution in [1.82, 2.24) is 0 Å². The molecule has 1 radical (unpaired) electrons. The molecule has 0 saturated carbocycles. The number of carbonyl (C=O) groups is 1. The SMILES string of the molecule is NCc1[c]cc(C(=O)C(Cl)Cl)cc1. The lowest BCUT2D eigenvalue weighted by Gasteiger charge is -2.01. The van der Waals surface area contributed by atoms with Crippen molar-refractivity contribution >= 4 is 29.0 Å². The van der Waals surface area contributed by atoms with Gasteiger partial charge >= 0.3 is 0 Å². The smallest absolute Gasteiger partial charge is 0.195 e. The maximum Gasteiger partial charge on any atom is 0.195 e. The number of Topliss-reactive ketones (excluding diaryl/α,β-unsaturated/α-hetero) is 1. The molecule has 1 aromatic rings. The Morgan fingerprint density at radius 3 is 2.62 bits per heavy atom. The number of hydrogen-bond acceptors (Lipinski definition) is 2. The van der Waals surface area contributed by atoms with Crippen LogP contribution in [-0.2, 0) is 6.54 Å². The molecule has 2 N–H and O–H groups in total. The highest BCUT2D eigenvalue weighted by Gasteiger charge is 2.13. The first-order valence-corrected chi connectivity index (χ1v) is 4.55. The zero-order valence-corrected chi connectivity index (χ0v) is 8.27. The van der Waals surface area contributed by atoms with Crippen LogP contribution in [0.15, 0.2) is 18.2 Å². The molecule has 0 aliphatic heterocycles. The number of carbonyl (C=O) groups excluding carboxylic acids is 1. The van der Waals surface area contributed by atoms with Crippen LogP contribution < -0.4 is 5.73 Å². The predicted molar refractivity (Wildman–Crippen MR) is 53.0 cm³/mol. The summed E-state index contributed by atoms with van der Waals surface area (Å²) in [5.41, 5.74) is 6.66. The van der Waals surface area contributed by atoms with Gasteiger partial charge < -0.3 is 5.73 Å². The number of nitrogens with two attached hydrogens (primary N) is 1. The Morgan fingerprint density at radius 2 is 2.23 bits per heavy atom. The van der Waals surface area contributed by atoms with E-state index >= 15 is 0 Å². The lowest BCUT2D eigenvalue weighted by molar-refractivity contribution is 0.101. The molecule has 69 valence electrons. The van der Waals surface area contributed by atoms with Crippen molar-refractivity contribution in [2.75, 3.05) is 0 Å². The van der Waals surface area contributed by atoms with Crippen molar-refractivity contribution in [2.24, 2.45) is 5.73 Å². The van der Waals surface area contributed by atoms with E-state index in [2.05, 4.69) is 6.07 Å². The van der Waals surface area contributed by atoms with Gasteiger partial charge in [0.15, 0.2) is 10.6 Å². The maximum atomic E-state index is 11.2. The summed E-state index contributed by atoms with van der Waals surface area (Å²) in [4.78, 5) is 10.2. The number of alkyl halides is 2. The molecule has 1 rings (SSSR count). The molecule has 0 saturated heterocycles. The van der Waals surface area contributed by atoms with Crippen LogP contribution in [0, 0.1) is 6.07 Å². The van der Waals surface area contributed by atoms with E-state index in [1.165, 1.54) is 0 Å². The number of benzene rings is 1. The average Bonchev–Trinajstić information content (AvgIpc) is 2.17. The quantitative estimate of drug-likeness (QED) is 0.620. The van der Waals surface area contributed by atoms with E-state index in [1.807, 2.05) is 0 Å². The van der Waals surface area contributed by atoms with Gasteiger partial charge in [-0.15, -0.1) is 0 Å². The Hall–Kier alpha value is -0.570. The normalized spacial score (nSPS) is 10.5. The highest BCUT2D eigenvalue weighted by molar-refractivity contribution is 6.55. The van der Waals surface area contributed by atoms with Gasteiger partial charge in [0.25, 0.3) is 0 Å². The van der Waals surface area contributed by atoms with Gasteiger partial charge in [0.05, 0.1) is 0 Å². The van der Waals surface area contributed by atoms with Gasteiger partial charge in [-0.2, -0.15) is 0 Å². The Balaban J connectivity index is 2.86. The van der Waals surface area contributed by atoms with Crippen molar-refractivity contribution in [3.05, 3.63) is 35.4 Å². The van der Waals surface area contributed by atoms with E-state index in [-0.39, 0.29) is 5.78 Å². The average molecular weight is 217 g/mol. The van der Waals surface area contributed by atoms with E-state index in [1.54, 1.807) is 18.2 Å². The highest BCUT2D eigenvalue weighted by atomic mass is 35.5. The fourth-order valence-electron chi connectivity index (χ4n) is 0.863. The first kappa shape index (κ1) is 10.5. The standard InChI is InChI=1S/C9H8Cl2NO/c10-9(11)8(13)7-3-1-6(5-12)2-4-7/h1,3-4,9H,5,12H2. The minimum absolute atomic E-state index is 0.317. The van der Waals surface area contributed by atoms with Crippen LogP contribution in [0.25, 0.3) is 0 Å². The third-order valence-electron chi connectivity index (χ3n) is 1.58. The van der Waals surface area contributed by atoms with Gasteiger partial charge in [-0.05, 0) is 17.7 Å². The molecule has 0 aliphatic rings. The summed E-state index contributed by atoms with van der Waals surface area (Å²) in [6.45, 7) is 0.402. The van der Waals surface area contributed by atoms with Gasteiger partial charge in [-0.25, -0.2) is 0 Å². The highest BCUT2D eigenvalue weighted by Crippen LogP contribution is 2.12. The van der Waals surface area contributed by atoms with Gasteiger partial charge in [-0.1, -0.05) is 35.3 Å². The fourth-order valence-corrected chi connectivity index (χ4v) is 1.12. The third-order valence-corrected chi connectivity index (χ3v) is 1.98. The molecular weight excluding hydrogens is 209 g/mol. The van der Waals surface area contributed by atoms with E-state index in [0.29, 0.717) is 12.1 Å². The van der Waals surface area contributed by atoms with E-state index in [4.69, 9.17) is 28.9 Å². The molecule has 0 atom stereocenters. The summed E-state index contributed by atoms with van der Waals surface area (Å²) >= 11 is 10.8. The van der Waals surface area contributed by atoms with Crippen LogP contribution >= 0.6 is 23.2 Å². The number of hydrogen-bond donors (Lipinski definition) is 1. The van der Waals surface area contributed by atoms with Crippen molar-refractivity contribution in [1.29, 1.82) is 0 Å². The third kappa shape index (κ3) is 2.69. The molecule has 0 aromatic heterocycles. The summed E-state index contributed by atoms with van der Waals surface area (Å²) in [6, 6.07) is 7.77. The Labute approximate surface area is 86.6 Å². The van der Waals surface area contributed by atoms with Crippen LogP contribution in [0.2, 0.25) is 0 Å². The molecule has 0 amide bonds. The molecule has 0 spiro atoms. The first-order chi connectivity index (χ1) is 6.15. The zero-order valence-electron chi connectivity index (χ0n) is 6.76. The van der Waals surface area contributed by atoms with Gasteiger partial charge in [0.2, 0.25) is 0 Å². The van der Waals surface area contributed by atoms with Crippen molar-refractivity contribution in [3.8, 4) is 0 Å². The van der Waals surface area contributed by atoms with E-state index < -0.39 is 4.84 Å². The molecule has 0 fully saturated rings. The van der Waals surface area contributed by atoms with Gasteiger partial charge in [0.1, 0.15) is 0 Å². The lowest BCUT2D eigenvalue weighted by atomic mass is 10.1. The second-order valence-corrected chi connectivity index (χ2v) is 3.57. The van der Waals surface area contributed by atoms with Crippen LogP contribution in [0.5, 0.6) is 0 Å². The van der Waals surface area contributed by atoms with Crippen molar-refractivity contribution in [2.45, 2.75) is 11.4 Å². The van der Waals surface area contributed by atoms with Gasteiger partial charge in [-0.3, -0.25) is 4.79 Å². The molecule has 13 heavy (non-hydrogen) atoms. The molecule has 1 aromatic carbocycles. The summed E-state index contributed by atoms with van der Waals surface area (Å²) in [5, 5.41) is 0. The molecule has 0 bridgehead atoms. The molecule has 0 unspecified atom stereocenters. The molecule has 4 heteroatoms. The summed E-state index contributed by atoms with van der Waals surface area (Å²) < 4.78 is 0. The largest absolute Gasteiger partial charge is 0.326 e. The van der Waals surface area contributed by atoms with Crippen LogP contribution in [0.3, 0.4) is 0 Å². The molecule has 2 nitrogen and oxygen atoms in total. The maximum absolute atomic E-state index is 11.2. The van der Waals surface area contributed by atoms with E-state index in [9.17, 15) is 4.79 Å². The lowest BCUT2D eigenvalue weighted by Crippen LogP contribution is -2.08. The second kappa shape index (κ2) is 4.61. The zero-order chi connectivity index (χ0) is 9.84. The first-order valence-electron chi connectivity index (χ1n) is 3.68. The minimum Gasteiger partial charge on any atom is -0.326 e. The van der Waals surface area contributed by atoms with Crippen molar-refractivity contribution in [3.63, 3.8) is 0 Å². The predicted octanol–water partition coefficient (Wildman–Crippen LogP) is 1.93. The Kier molecular flexibility index (Phi) is 3.72. The Morgan fingerprint density at radius 1 is 1.54 bits per heavy atom. The molecular formula is C9H8Cl2NO.